The number of rotatable bonds is 4. The lowest BCUT2D eigenvalue weighted by Crippen LogP contribution is -2.19. The van der Waals surface area contributed by atoms with E-state index in [1.54, 1.807) is 37.6 Å². The molecule has 2 heterocycles. The van der Waals surface area contributed by atoms with Crippen molar-refractivity contribution in [2.45, 2.75) is 12.8 Å². The van der Waals surface area contributed by atoms with Crippen molar-refractivity contribution in [3.05, 3.63) is 53.1 Å². The second kappa shape index (κ2) is 6.66. The van der Waals surface area contributed by atoms with Gasteiger partial charge in [0.05, 0.1) is 7.11 Å². The standard InChI is InChI=1S/C16H15ClN4O2/c1-23-15(10-2-3-10)13-8-11(4-6-18-13)20-16(22)21-12-5-7-19-14(17)9-12/h4-9H,2-3H2,1H3,(H2,18,19,20,21,22). The maximum Gasteiger partial charge on any atom is 0.323 e. The molecule has 2 amide bonds. The molecule has 7 heteroatoms. The van der Waals surface area contributed by atoms with Crippen LogP contribution in [0.4, 0.5) is 16.2 Å². The molecule has 2 aromatic rings. The summed E-state index contributed by atoms with van der Waals surface area (Å²) in [6.45, 7) is 0. The summed E-state index contributed by atoms with van der Waals surface area (Å²) in [4.78, 5) is 20.2. The molecule has 0 spiro atoms. The van der Waals surface area contributed by atoms with Gasteiger partial charge in [-0.05, 0) is 42.7 Å². The summed E-state index contributed by atoms with van der Waals surface area (Å²) in [5, 5.41) is 5.76. The Balaban J connectivity index is 1.70. The molecule has 1 aliphatic carbocycles. The van der Waals surface area contributed by atoms with Crippen molar-refractivity contribution in [3.8, 4) is 0 Å². The van der Waals surface area contributed by atoms with Gasteiger partial charge < -0.3 is 15.4 Å². The molecule has 0 aliphatic heterocycles. The number of hydrogen-bond acceptors (Lipinski definition) is 4. The van der Waals surface area contributed by atoms with Crippen LogP contribution in [0.25, 0.3) is 5.76 Å². The molecular formula is C16H15ClN4O2. The molecular weight excluding hydrogens is 316 g/mol. The van der Waals surface area contributed by atoms with Gasteiger partial charge in [0.2, 0.25) is 0 Å². The van der Waals surface area contributed by atoms with E-state index in [0.29, 0.717) is 22.2 Å². The SMILES string of the molecule is COC(=C1CC1)c1cc(NC(=O)Nc2ccnc(Cl)c2)ccn1. The highest BCUT2D eigenvalue weighted by atomic mass is 35.5. The molecule has 118 valence electrons. The van der Waals surface area contributed by atoms with Crippen LogP contribution in [0.3, 0.4) is 0 Å². The number of carbonyl (C=O) groups is 1. The van der Waals surface area contributed by atoms with Gasteiger partial charge in [-0.25, -0.2) is 9.78 Å². The number of ether oxygens (including phenoxy) is 1. The summed E-state index contributed by atoms with van der Waals surface area (Å²) in [6.07, 6.45) is 5.23. The Morgan fingerprint density at radius 2 is 1.78 bits per heavy atom. The van der Waals surface area contributed by atoms with Crippen molar-refractivity contribution in [1.29, 1.82) is 0 Å². The van der Waals surface area contributed by atoms with E-state index < -0.39 is 0 Å². The fourth-order valence-corrected chi connectivity index (χ4v) is 2.30. The van der Waals surface area contributed by atoms with Crippen molar-refractivity contribution in [1.82, 2.24) is 9.97 Å². The Bertz CT molecular complexity index is 770. The highest BCUT2D eigenvalue weighted by Crippen LogP contribution is 2.36. The summed E-state index contributed by atoms with van der Waals surface area (Å²) in [7, 11) is 1.63. The molecule has 2 aromatic heterocycles. The van der Waals surface area contributed by atoms with Crippen LogP contribution in [-0.2, 0) is 4.74 Å². The number of carbonyl (C=O) groups excluding carboxylic acids is 1. The fraction of sp³-hybridized carbons (Fsp3) is 0.188. The van der Waals surface area contributed by atoms with E-state index in [1.807, 2.05) is 0 Å². The molecule has 1 aliphatic rings. The predicted octanol–water partition coefficient (Wildman–Crippen LogP) is 3.93. The third-order valence-electron chi connectivity index (χ3n) is 3.26. The lowest BCUT2D eigenvalue weighted by Gasteiger charge is -2.10. The smallest absolute Gasteiger partial charge is 0.323 e. The number of anilines is 2. The van der Waals surface area contributed by atoms with Crippen molar-refractivity contribution < 1.29 is 9.53 Å². The van der Waals surface area contributed by atoms with Gasteiger partial charge in [-0.2, -0.15) is 0 Å². The average Bonchev–Trinajstić information content (AvgIpc) is 3.33. The first kappa shape index (κ1) is 15.3. The maximum atomic E-state index is 12.0. The van der Waals surface area contributed by atoms with E-state index >= 15 is 0 Å². The van der Waals surface area contributed by atoms with E-state index in [1.165, 1.54) is 11.8 Å². The van der Waals surface area contributed by atoms with E-state index in [0.717, 1.165) is 18.6 Å². The number of halogens is 1. The maximum absolute atomic E-state index is 12.0. The molecule has 0 bridgehead atoms. The summed E-state index contributed by atoms with van der Waals surface area (Å²) < 4.78 is 5.40. The van der Waals surface area contributed by atoms with Crippen LogP contribution in [0, 0.1) is 0 Å². The Morgan fingerprint density at radius 1 is 1.13 bits per heavy atom. The highest BCUT2D eigenvalue weighted by molar-refractivity contribution is 6.29. The Labute approximate surface area is 138 Å². The van der Waals surface area contributed by atoms with Crippen molar-refractivity contribution in [3.63, 3.8) is 0 Å². The van der Waals surface area contributed by atoms with E-state index in [-0.39, 0.29) is 6.03 Å². The van der Waals surface area contributed by atoms with E-state index in [2.05, 4.69) is 20.6 Å². The lowest BCUT2D eigenvalue weighted by atomic mass is 10.2. The van der Waals surface area contributed by atoms with Gasteiger partial charge in [0.15, 0.2) is 0 Å². The van der Waals surface area contributed by atoms with Crippen LogP contribution in [0.1, 0.15) is 18.5 Å². The Hall–Kier alpha value is -2.60. The number of methoxy groups -OCH3 is 1. The zero-order valence-electron chi connectivity index (χ0n) is 12.5. The summed E-state index contributed by atoms with van der Waals surface area (Å²) in [5.74, 6) is 0.787. The van der Waals surface area contributed by atoms with Crippen LogP contribution in [0.2, 0.25) is 5.15 Å². The van der Waals surface area contributed by atoms with Gasteiger partial charge >= 0.3 is 6.03 Å². The van der Waals surface area contributed by atoms with E-state index in [4.69, 9.17) is 16.3 Å². The molecule has 6 nitrogen and oxygen atoms in total. The van der Waals surface area contributed by atoms with Crippen molar-refractivity contribution >= 4 is 34.8 Å². The first-order valence-electron chi connectivity index (χ1n) is 7.07. The quantitative estimate of drug-likeness (QED) is 0.658. The number of hydrogen-bond donors (Lipinski definition) is 2. The number of urea groups is 1. The first-order chi connectivity index (χ1) is 11.2. The minimum absolute atomic E-state index is 0.315. The summed E-state index contributed by atoms with van der Waals surface area (Å²) in [6, 6.07) is 6.35. The van der Waals surface area contributed by atoms with Crippen LogP contribution < -0.4 is 10.6 Å². The summed E-state index contributed by atoms with van der Waals surface area (Å²) >= 11 is 5.79. The molecule has 23 heavy (non-hydrogen) atoms. The normalized spacial score (nSPS) is 12.5. The molecule has 1 saturated carbocycles. The molecule has 1 fully saturated rings. The molecule has 0 unspecified atom stereocenters. The largest absolute Gasteiger partial charge is 0.495 e. The Morgan fingerprint density at radius 3 is 2.39 bits per heavy atom. The lowest BCUT2D eigenvalue weighted by molar-refractivity contribution is 0.262. The number of pyridine rings is 2. The van der Waals surface area contributed by atoms with Gasteiger partial charge in [0.1, 0.15) is 16.6 Å². The van der Waals surface area contributed by atoms with Gasteiger partial charge in [0.25, 0.3) is 0 Å². The van der Waals surface area contributed by atoms with E-state index in [9.17, 15) is 4.79 Å². The minimum Gasteiger partial charge on any atom is -0.495 e. The molecule has 2 N–H and O–H groups in total. The van der Waals surface area contributed by atoms with Crippen LogP contribution in [-0.4, -0.2) is 23.1 Å². The zero-order chi connectivity index (χ0) is 16.2. The topological polar surface area (TPSA) is 76.1 Å². The predicted molar refractivity (Wildman–Crippen MR) is 89.3 cm³/mol. The van der Waals surface area contributed by atoms with Crippen LogP contribution in [0.5, 0.6) is 0 Å². The average molecular weight is 331 g/mol. The molecule has 0 atom stereocenters. The number of amides is 2. The number of allylic oxidation sites excluding steroid dienone is 1. The van der Waals surface area contributed by atoms with Gasteiger partial charge in [-0.3, -0.25) is 4.98 Å². The van der Waals surface area contributed by atoms with Crippen molar-refractivity contribution in [2.24, 2.45) is 0 Å². The van der Waals surface area contributed by atoms with Gasteiger partial charge in [-0.15, -0.1) is 0 Å². The third-order valence-corrected chi connectivity index (χ3v) is 3.47. The second-order valence-corrected chi connectivity index (χ2v) is 5.40. The second-order valence-electron chi connectivity index (χ2n) is 5.01. The highest BCUT2D eigenvalue weighted by Gasteiger charge is 2.21. The van der Waals surface area contributed by atoms with Crippen LogP contribution >= 0.6 is 11.6 Å². The first-order valence-corrected chi connectivity index (χ1v) is 7.45. The zero-order valence-corrected chi connectivity index (χ0v) is 13.2. The monoisotopic (exact) mass is 330 g/mol. The molecule has 0 aromatic carbocycles. The molecule has 0 saturated heterocycles. The Kier molecular flexibility index (Phi) is 4.43. The third kappa shape index (κ3) is 3.98. The number of nitrogens with one attached hydrogen (secondary N) is 2. The van der Waals surface area contributed by atoms with Crippen LogP contribution in [0.15, 0.2) is 42.2 Å². The fourth-order valence-electron chi connectivity index (χ4n) is 2.13. The minimum atomic E-state index is -0.373. The number of aromatic nitrogens is 2. The van der Waals surface area contributed by atoms with Crippen molar-refractivity contribution in [2.75, 3.05) is 17.7 Å². The van der Waals surface area contributed by atoms with Gasteiger partial charge in [0, 0.05) is 23.8 Å². The van der Waals surface area contributed by atoms with Gasteiger partial charge in [-0.1, -0.05) is 11.6 Å². The molecule has 0 radical (unpaired) electrons. The summed E-state index contributed by atoms with van der Waals surface area (Å²) in [5.41, 5.74) is 3.15. The molecule has 3 rings (SSSR count). The number of nitrogens with zero attached hydrogens (tertiary/aromatic N) is 2.